The number of ether oxygens (including phenoxy) is 2. The van der Waals surface area contributed by atoms with Crippen LogP contribution in [0.1, 0.15) is 258 Å². The summed E-state index contributed by atoms with van der Waals surface area (Å²) in [6.07, 6.45) is 68.0. The molecule has 0 aliphatic carbocycles. The van der Waals surface area contributed by atoms with Crippen LogP contribution < -0.4 is 0 Å². The van der Waals surface area contributed by atoms with Crippen LogP contribution in [0.4, 0.5) is 0 Å². The fourth-order valence-corrected chi connectivity index (χ4v) is 7.47. The van der Waals surface area contributed by atoms with Gasteiger partial charge in [0.25, 0.3) is 0 Å². The van der Waals surface area contributed by atoms with E-state index in [1.807, 2.05) is 0 Å². The second kappa shape index (κ2) is 51.0. The molecule has 5 nitrogen and oxygen atoms in total. The number of hydrogen-bond donors (Lipinski definition) is 1. The van der Waals surface area contributed by atoms with Crippen LogP contribution in [-0.4, -0.2) is 36.4 Å². The summed E-state index contributed by atoms with van der Waals surface area (Å²) in [5, 5.41) is 9.54. The molecule has 0 aromatic heterocycles. The van der Waals surface area contributed by atoms with Crippen molar-refractivity contribution >= 4 is 11.9 Å². The Kier molecular flexibility index (Phi) is 48.9. The molecule has 0 saturated carbocycles. The zero-order valence-electron chi connectivity index (χ0n) is 39.7. The van der Waals surface area contributed by atoms with Gasteiger partial charge in [-0.3, -0.25) is 9.59 Å². The normalized spacial score (nSPS) is 12.7. The molecular formula is C55H98O5. The molecule has 0 spiro atoms. The fourth-order valence-electron chi connectivity index (χ4n) is 7.47. The second-order valence-corrected chi connectivity index (χ2v) is 17.2. The molecular weight excluding hydrogens is 741 g/mol. The third-order valence-electron chi connectivity index (χ3n) is 11.3. The molecule has 1 unspecified atom stereocenters. The summed E-state index contributed by atoms with van der Waals surface area (Å²) in [4.78, 5) is 24.2. The van der Waals surface area contributed by atoms with Crippen molar-refractivity contribution in [3.8, 4) is 0 Å². The van der Waals surface area contributed by atoms with Gasteiger partial charge >= 0.3 is 11.9 Å². The van der Waals surface area contributed by atoms with Gasteiger partial charge in [0.2, 0.25) is 0 Å². The molecule has 0 heterocycles. The summed E-state index contributed by atoms with van der Waals surface area (Å²) in [7, 11) is 0. The Bertz CT molecular complexity index is 1040. The van der Waals surface area contributed by atoms with Crippen LogP contribution in [0.2, 0.25) is 0 Å². The molecule has 0 aliphatic rings. The Labute approximate surface area is 372 Å². The van der Waals surface area contributed by atoms with Crippen molar-refractivity contribution in [2.75, 3.05) is 13.2 Å². The van der Waals surface area contributed by atoms with Crippen LogP contribution >= 0.6 is 0 Å². The summed E-state index contributed by atoms with van der Waals surface area (Å²) in [6.45, 7) is 3.99. The third kappa shape index (κ3) is 48.3. The predicted molar refractivity (Wildman–Crippen MR) is 260 cm³/mol. The summed E-state index contributed by atoms with van der Waals surface area (Å²) >= 11 is 0. The highest BCUT2D eigenvalue weighted by Crippen LogP contribution is 2.16. The molecule has 0 bridgehead atoms. The molecule has 0 saturated heterocycles. The number of hydrogen-bond acceptors (Lipinski definition) is 5. The molecule has 0 aliphatic heterocycles. The van der Waals surface area contributed by atoms with Crippen molar-refractivity contribution in [1.82, 2.24) is 0 Å². The molecule has 0 rings (SSSR count). The smallest absolute Gasteiger partial charge is 0.306 e. The molecule has 0 fully saturated rings. The van der Waals surface area contributed by atoms with Gasteiger partial charge < -0.3 is 14.6 Å². The van der Waals surface area contributed by atoms with Gasteiger partial charge in [-0.2, -0.15) is 0 Å². The average Bonchev–Trinajstić information content (AvgIpc) is 3.25. The van der Waals surface area contributed by atoms with Gasteiger partial charge in [-0.05, 0) is 57.8 Å². The molecule has 0 radical (unpaired) electrons. The van der Waals surface area contributed by atoms with Gasteiger partial charge in [0, 0.05) is 12.8 Å². The van der Waals surface area contributed by atoms with Crippen molar-refractivity contribution in [2.45, 2.75) is 264 Å². The monoisotopic (exact) mass is 839 g/mol. The molecule has 5 heteroatoms. The van der Waals surface area contributed by atoms with E-state index in [2.05, 4.69) is 74.6 Å². The minimum absolute atomic E-state index is 0.0621. The Morgan fingerprint density at radius 1 is 0.400 bits per heavy atom. The number of unbranched alkanes of at least 4 members (excludes halogenated alkanes) is 29. The van der Waals surface area contributed by atoms with Crippen molar-refractivity contribution in [3.63, 3.8) is 0 Å². The highest BCUT2D eigenvalue weighted by Gasteiger charge is 2.16. The van der Waals surface area contributed by atoms with E-state index in [4.69, 9.17) is 9.47 Å². The number of rotatable bonds is 47. The lowest BCUT2D eigenvalue weighted by Gasteiger charge is -2.15. The molecule has 60 heavy (non-hydrogen) atoms. The summed E-state index contributed by atoms with van der Waals surface area (Å²) < 4.78 is 10.6. The lowest BCUT2D eigenvalue weighted by molar-refractivity contribution is -0.161. The lowest BCUT2D eigenvalue weighted by atomic mass is 10.0. The standard InChI is InChI=1S/C55H98O5/c1-3-5-7-9-11-12-13-14-15-16-17-18-19-20-21-22-23-24-25-26-27-28-29-30-31-32-33-34-35-36-37-38-39-40-41-42-44-46-48-50-55(58)60-53(51-56)52-59-54(57)49-47-45-43-10-8-6-4-2/h5,7,11-12,14-15,17-18,20-21,53,56H,3-4,6,8-10,13,16,19,22-52H2,1-2H3/b7-5-,12-11-,15-14-,18-17-,21-20-. The van der Waals surface area contributed by atoms with Crippen LogP contribution in [0.5, 0.6) is 0 Å². The van der Waals surface area contributed by atoms with E-state index < -0.39 is 6.10 Å². The Hall–Kier alpha value is -2.40. The Morgan fingerprint density at radius 3 is 1.08 bits per heavy atom. The minimum atomic E-state index is -0.765. The zero-order chi connectivity index (χ0) is 43.5. The summed E-state index contributed by atoms with van der Waals surface area (Å²) in [5.41, 5.74) is 0. The summed E-state index contributed by atoms with van der Waals surface area (Å²) in [5.74, 6) is -0.588. The number of esters is 2. The Morgan fingerprint density at radius 2 is 0.717 bits per heavy atom. The maximum atomic E-state index is 12.2. The van der Waals surface area contributed by atoms with Gasteiger partial charge in [-0.1, -0.05) is 248 Å². The largest absolute Gasteiger partial charge is 0.462 e. The van der Waals surface area contributed by atoms with E-state index in [9.17, 15) is 14.7 Å². The van der Waals surface area contributed by atoms with Crippen molar-refractivity contribution in [2.24, 2.45) is 0 Å². The zero-order valence-corrected chi connectivity index (χ0v) is 39.7. The number of aliphatic hydroxyl groups excluding tert-OH is 1. The number of carbonyl (C=O) groups excluding carboxylic acids is 2. The quantitative estimate of drug-likeness (QED) is 0.0375. The third-order valence-corrected chi connectivity index (χ3v) is 11.3. The van der Waals surface area contributed by atoms with Crippen LogP contribution in [0.3, 0.4) is 0 Å². The molecule has 0 aromatic carbocycles. The first-order chi connectivity index (χ1) is 29.6. The van der Waals surface area contributed by atoms with E-state index in [0.29, 0.717) is 12.8 Å². The second-order valence-electron chi connectivity index (χ2n) is 17.2. The van der Waals surface area contributed by atoms with Crippen molar-refractivity contribution < 1.29 is 24.2 Å². The van der Waals surface area contributed by atoms with E-state index in [0.717, 1.165) is 70.6 Å². The van der Waals surface area contributed by atoms with E-state index >= 15 is 0 Å². The van der Waals surface area contributed by atoms with Gasteiger partial charge in [-0.25, -0.2) is 0 Å². The molecule has 348 valence electrons. The maximum Gasteiger partial charge on any atom is 0.306 e. The fraction of sp³-hybridized carbons (Fsp3) is 0.782. The number of aliphatic hydroxyl groups is 1. The van der Waals surface area contributed by atoms with Crippen LogP contribution in [-0.2, 0) is 19.1 Å². The molecule has 1 atom stereocenters. The van der Waals surface area contributed by atoms with Crippen LogP contribution in [0, 0.1) is 0 Å². The van der Waals surface area contributed by atoms with Crippen LogP contribution in [0.15, 0.2) is 60.8 Å². The molecule has 1 N–H and O–H groups in total. The number of allylic oxidation sites excluding steroid dienone is 10. The number of carbonyl (C=O) groups is 2. The van der Waals surface area contributed by atoms with E-state index in [1.54, 1.807) is 0 Å². The average molecular weight is 839 g/mol. The minimum Gasteiger partial charge on any atom is -0.462 e. The molecule has 0 aromatic rings. The highest BCUT2D eigenvalue weighted by atomic mass is 16.6. The van der Waals surface area contributed by atoms with Gasteiger partial charge in [0.1, 0.15) is 6.61 Å². The van der Waals surface area contributed by atoms with Gasteiger partial charge in [0.05, 0.1) is 6.61 Å². The maximum absolute atomic E-state index is 12.2. The van der Waals surface area contributed by atoms with E-state index in [-0.39, 0.29) is 25.2 Å². The first-order valence-corrected chi connectivity index (χ1v) is 25.8. The lowest BCUT2D eigenvalue weighted by Crippen LogP contribution is -2.28. The molecule has 0 amide bonds. The van der Waals surface area contributed by atoms with Gasteiger partial charge in [-0.15, -0.1) is 0 Å². The Balaban J connectivity index is 3.36. The van der Waals surface area contributed by atoms with Gasteiger partial charge in [0.15, 0.2) is 6.10 Å². The van der Waals surface area contributed by atoms with Crippen LogP contribution in [0.25, 0.3) is 0 Å². The highest BCUT2D eigenvalue weighted by molar-refractivity contribution is 5.70. The van der Waals surface area contributed by atoms with Crippen molar-refractivity contribution in [3.05, 3.63) is 60.8 Å². The van der Waals surface area contributed by atoms with Crippen molar-refractivity contribution in [1.29, 1.82) is 0 Å². The van der Waals surface area contributed by atoms with E-state index in [1.165, 1.54) is 161 Å². The first kappa shape index (κ1) is 57.6. The SMILES string of the molecule is CC/C=C\C/C=C\C/C=C\C/C=C\C/C=C\CCCCCCCCCCCCCCCCCCCCCCCCCC(=O)OC(CO)COC(=O)CCCCCCCCC. The predicted octanol–water partition coefficient (Wildman–Crippen LogP) is 17.1. The first-order valence-electron chi connectivity index (χ1n) is 25.8. The topological polar surface area (TPSA) is 72.8 Å². The summed E-state index contributed by atoms with van der Waals surface area (Å²) in [6, 6.07) is 0.